The Morgan fingerprint density at radius 1 is 1.10 bits per heavy atom. The zero-order valence-corrected chi connectivity index (χ0v) is 17.2. The lowest BCUT2D eigenvalue weighted by Gasteiger charge is -2.04. The van der Waals surface area contributed by atoms with Crippen LogP contribution in [-0.2, 0) is 17.8 Å². The number of aryl methyl sites for hydroxylation is 1. The van der Waals surface area contributed by atoms with Crippen molar-refractivity contribution in [2.75, 3.05) is 5.32 Å². The molecule has 5 nitrogen and oxygen atoms in total. The van der Waals surface area contributed by atoms with Crippen LogP contribution in [0, 0.1) is 0 Å². The first kappa shape index (κ1) is 19.6. The topological polar surface area (TPSA) is 62.7 Å². The van der Waals surface area contributed by atoms with Crippen molar-refractivity contribution in [2.45, 2.75) is 25.8 Å². The number of fused-ring (bicyclic) bond motifs is 1. The van der Waals surface area contributed by atoms with Gasteiger partial charge in [0, 0.05) is 35.8 Å². The van der Waals surface area contributed by atoms with Crippen molar-refractivity contribution < 1.29 is 4.79 Å². The Kier molecular flexibility index (Phi) is 5.88. The third-order valence-electron chi connectivity index (χ3n) is 4.76. The van der Waals surface area contributed by atoms with E-state index in [1.807, 2.05) is 36.7 Å². The molecule has 0 aliphatic rings. The Labute approximate surface area is 178 Å². The number of rotatable bonds is 7. The second kappa shape index (κ2) is 8.72. The van der Waals surface area contributed by atoms with Gasteiger partial charge < -0.3 is 10.3 Å². The summed E-state index contributed by atoms with van der Waals surface area (Å²) in [7, 11) is 0. The molecule has 7 heteroatoms. The quantitative estimate of drug-likeness (QED) is 0.399. The van der Waals surface area contributed by atoms with Crippen LogP contribution < -0.4 is 5.32 Å². The maximum Gasteiger partial charge on any atom is 0.225 e. The molecule has 0 saturated heterocycles. The molecule has 148 valence electrons. The number of amides is 1. The molecule has 4 rings (SSSR count). The van der Waals surface area contributed by atoms with Gasteiger partial charge in [0.1, 0.15) is 0 Å². The monoisotopic (exact) mass is 426 g/mol. The number of hydrogen-bond acceptors (Lipinski definition) is 2. The maximum atomic E-state index is 12.3. The molecule has 0 unspecified atom stereocenters. The van der Waals surface area contributed by atoms with Crippen molar-refractivity contribution in [3.8, 4) is 0 Å². The highest BCUT2D eigenvalue weighted by Crippen LogP contribution is 2.23. The van der Waals surface area contributed by atoms with Crippen molar-refractivity contribution in [1.82, 2.24) is 14.8 Å². The SMILES string of the molecule is O=C(CCCc1c[nH]c2ccccc12)Nc1ccn(Cc2ccc(Cl)c(Cl)c2)n1. The fraction of sp³-hybridized carbons (Fsp3) is 0.182. The molecule has 4 aromatic rings. The fourth-order valence-corrected chi connectivity index (χ4v) is 3.65. The molecule has 0 aliphatic carbocycles. The van der Waals surface area contributed by atoms with Gasteiger partial charge in [-0.2, -0.15) is 5.10 Å². The first-order valence-corrected chi connectivity index (χ1v) is 10.2. The van der Waals surface area contributed by atoms with Crippen LogP contribution in [0.5, 0.6) is 0 Å². The molecule has 1 amide bonds. The van der Waals surface area contributed by atoms with E-state index in [2.05, 4.69) is 27.5 Å². The van der Waals surface area contributed by atoms with Crippen LogP contribution in [0.4, 0.5) is 5.82 Å². The van der Waals surface area contributed by atoms with Crippen LogP contribution in [0.1, 0.15) is 24.0 Å². The predicted octanol–water partition coefficient (Wildman–Crippen LogP) is 5.68. The van der Waals surface area contributed by atoms with Gasteiger partial charge in [0.05, 0.1) is 16.6 Å². The summed E-state index contributed by atoms with van der Waals surface area (Å²) in [5.74, 6) is 0.506. The molecule has 2 N–H and O–H groups in total. The number of halogens is 2. The number of nitrogens with one attached hydrogen (secondary N) is 2. The lowest BCUT2D eigenvalue weighted by atomic mass is 10.1. The first-order chi connectivity index (χ1) is 14.1. The fourth-order valence-electron chi connectivity index (χ4n) is 3.32. The normalized spacial score (nSPS) is 11.1. The van der Waals surface area contributed by atoms with E-state index in [-0.39, 0.29) is 5.91 Å². The minimum Gasteiger partial charge on any atom is -0.361 e. The van der Waals surface area contributed by atoms with Crippen LogP contribution in [0.2, 0.25) is 10.0 Å². The van der Waals surface area contributed by atoms with Gasteiger partial charge in [0.15, 0.2) is 5.82 Å². The molecule has 0 radical (unpaired) electrons. The molecule has 2 aromatic carbocycles. The van der Waals surface area contributed by atoms with E-state index in [4.69, 9.17) is 23.2 Å². The minimum absolute atomic E-state index is 0.0374. The number of carbonyl (C=O) groups excluding carboxylic acids is 1. The summed E-state index contributed by atoms with van der Waals surface area (Å²) < 4.78 is 1.75. The van der Waals surface area contributed by atoms with E-state index >= 15 is 0 Å². The van der Waals surface area contributed by atoms with Gasteiger partial charge in [-0.1, -0.05) is 47.5 Å². The average molecular weight is 427 g/mol. The number of H-pyrrole nitrogens is 1. The second-order valence-corrected chi connectivity index (χ2v) is 7.72. The molecule has 0 saturated carbocycles. The van der Waals surface area contributed by atoms with Crippen molar-refractivity contribution in [2.24, 2.45) is 0 Å². The summed E-state index contributed by atoms with van der Waals surface area (Å²) in [5, 5.41) is 9.52. The number of benzene rings is 2. The molecular weight excluding hydrogens is 407 g/mol. The molecule has 2 heterocycles. The van der Waals surface area contributed by atoms with E-state index < -0.39 is 0 Å². The average Bonchev–Trinajstić information content (AvgIpc) is 3.32. The van der Waals surface area contributed by atoms with Gasteiger partial charge in [-0.05, 0) is 42.2 Å². The third-order valence-corrected chi connectivity index (χ3v) is 5.50. The van der Waals surface area contributed by atoms with Crippen molar-refractivity contribution in [3.63, 3.8) is 0 Å². The number of aromatic nitrogens is 3. The Morgan fingerprint density at radius 2 is 1.97 bits per heavy atom. The van der Waals surface area contributed by atoms with Gasteiger partial charge >= 0.3 is 0 Å². The van der Waals surface area contributed by atoms with Crippen LogP contribution in [0.3, 0.4) is 0 Å². The van der Waals surface area contributed by atoms with Crippen LogP contribution in [0.25, 0.3) is 10.9 Å². The van der Waals surface area contributed by atoms with Crippen molar-refractivity contribution in [3.05, 3.63) is 82.1 Å². The summed E-state index contributed by atoms with van der Waals surface area (Å²) in [6.45, 7) is 0.549. The number of para-hydroxylation sites is 1. The smallest absolute Gasteiger partial charge is 0.225 e. The van der Waals surface area contributed by atoms with Crippen molar-refractivity contribution >= 4 is 45.8 Å². The minimum atomic E-state index is -0.0374. The standard InChI is InChI=1S/C22H20Cl2N4O/c23-18-9-8-15(12-19(18)24)14-28-11-10-21(27-28)26-22(29)7-3-4-16-13-25-20-6-2-1-5-17(16)20/h1-2,5-6,8-13,25H,3-4,7,14H2,(H,26,27,29). The molecule has 0 atom stereocenters. The lowest BCUT2D eigenvalue weighted by Crippen LogP contribution is -2.12. The Balaban J connectivity index is 1.28. The highest BCUT2D eigenvalue weighted by Gasteiger charge is 2.08. The molecule has 0 fully saturated rings. The zero-order valence-electron chi connectivity index (χ0n) is 15.7. The van der Waals surface area contributed by atoms with Crippen LogP contribution >= 0.6 is 23.2 Å². The number of anilines is 1. The Hall–Kier alpha value is -2.76. The van der Waals surface area contributed by atoms with Gasteiger partial charge in [-0.15, -0.1) is 0 Å². The summed E-state index contributed by atoms with van der Waals surface area (Å²) >= 11 is 12.0. The molecule has 0 bridgehead atoms. The summed E-state index contributed by atoms with van der Waals surface area (Å²) in [6.07, 6.45) is 5.91. The lowest BCUT2D eigenvalue weighted by molar-refractivity contribution is -0.116. The van der Waals surface area contributed by atoms with E-state index in [0.29, 0.717) is 28.8 Å². The van der Waals surface area contributed by atoms with Crippen LogP contribution in [-0.4, -0.2) is 20.7 Å². The number of hydrogen-bond donors (Lipinski definition) is 2. The van der Waals surface area contributed by atoms with Crippen molar-refractivity contribution in [1.29, 1.82) is 0 Å². The molecule has 0 spiro atoms. The number of carbonyl (C=O) groups is 1. The van der Waals surface area contributed by atoms with Gasteiger partial charge in [-0.25, -0.2) is 0 Å². The second-order valence-electron chi connectivity index (χ2n) is 6.91. The molecule has 0 aliphatic heterocycles. The molecule has 29 heavy (non-hydrogen) atoms. The van der Waals surface area contributed by atoms with E-state index in [1.54, 1.807) is 16.8 Å². The number of aromatic amines is 1. The van der Waals surface area contributed by atoms with Crippen LogP contribution in [0.15, 0.2) is 60.9 Å². The summed E-state index contributed by atoms with van der Waals surface area (Å²) in [4.78, 5) is 15.5. The summed E-state index contributed by atoms with van der Waals surface area (Å²) in [5.41, 5.74) is 3.35. The van der Waals surface area contributed by atoms with Gasteiger partial charge in [0.2, 0.25) is 5.91 Å². The third kappa shape index (κ3) is 4.81. The largest absolute Gasteiger partial charge is 0.361 e. The Morgan fingerprint density at radius 3 is 2.83 bits per heavy atom. The Bertz CT molecular complexity index is 1150. The number of nitrogens with zero attached hydrogens (tertiary/aromatic N) is 2. The molecular formula is C22H20Cl2N4O. The van der Waals surface area contributed by atoms with E-state index in [1.165, 1.54) is 10.9 Å². The van der Waals surface area contributed by atoms with Gasteiger partial charge in [0.25, 0.3) is 0 Å². The molecule has 2 aromatic heterocycles. The maximum absolute atomic E-state index is 12.3. The van der Waals surface area contributed by atoms with E-state index in [0.717, 1.165) is 23.9 Å². The first-order valence-electron chi connectivity index (χ1n) is 9.41. The predicted molar refractivity (Wildman–Crippen MR) is 118 cm³/mol. The highest BCUT2D eigenvalue weighted by molar-refractivity contribution is 6.42. The highest BCUT2D eigenvalue weighted by atomic mass is 35.5. The van der Waals surface area contributed by atoms with E-state index in [9.17, 15) is 4.79 Å². The summed E-state index contributed by atoms with van der Waals surface area (Å²) in [6, 6.07) is 15.5. The van der Waals surface area contributed by atoms with Gasteiger partial charge in [-0.3, -0.25) is 9.48 Å². The zero-order chi connectivity index (χ0) is 20.2.